The topological polar surface area (TPSA) is 70.2 Å². The summed E-state index contributed by atoms with van der Waals surface area (Å²) in [6.45, 7) is 3.66. The normalized spacial score (nSPS) is 21.2. The summed E-state index contributed by atoms with van der Waals surface area (Å²) in [4.78, 5) is 24.4. The van der Waals surface area contributed by atoms with Crippen LogP contribution in [0.2, 0.25) is 0 Å². The Labute approximate surface area is 130 Å². The number of carbonyl (C=O) groups excluding carboxylic acids is 2. The van der Waals surface area contributed by atoms with Gasteiger partial charge < -0.3 is 16.0 Å². The zero-order chi connectivity index (χ0) is 15.5. The van der Waals surface area contributed by atoms with Crippen LogP contribution in [0.25, 0.3) is 0 Å². The molecular formula is C17H23N3O2. The predicted octanol–water partition coefficient (Wildman–Crippen LogP) is 1.83. The molecule has 2 amide bonds. The molecule has 1 unspecified atom stereocenters. The van der Waals surface area contributed by atoms with Crippen molar-refractivity contribution in [2.24, 2.45) is 5.92 Å². The number of anilines is 1. The van der Waals surface area contributed by atoms with Crippen molar-refractivity contribution in [2.45, 2.75) is 38.6 Å². The molecule has 1 saturated heterocycles. The molecule has 3 rings (SSSR count). The molecule has 2 aliphatic rings. The van der Waals surface area contributed by atoms with Gasteiger partial charge in [0.05, 0.1) is 5.92 Å². The minimum Gasteiger partial charge on any atom is -0.349 e. The number of nitrogens with one attached hydrogen (secondary N) is 3. The maximum Gasteiger partial charge on any atom is 0.251 e. The van der Waals surface area contributed by atoms with Gasteiger partial charge in [0.1, 0.15) is 0 Å². The van der Waals surface area contributed by atoms with Gasteiger partial charge in [-0.1, -0.05) is 6.07 Å². The Morgan fingerprint density at radius 2 is 2.05 bits per heavy atom. The summed E-state index contributed by atoms with van der Waals surface area (Å²) < 4.78 is 0. The summed E-state index contributed by atoms with van der Waals surface area (Å²) in [7, 11) is 0. The smallest absolute Gasteiger partial charge is 0.251 e. The van der Waals surface area contributed by atoms with Gasteiger partial charge in [-0.25, -0.2) is 0 Å². The van der Waals surface area contributed by atoms with Gasteiger partial charge in [0, 0.05) is 23.8 Å². The van der Waals surface area contributed by atoms with Crippen LogP contribution in [-0.4, -0.2) is 30.9 Å². The van der Waals surface area contributed by atoms with Crippen LogP contribution in [0, 0.1) is 12.8 Å². The van der Waals surface area contributed by atoms with Crippen LogP contribution >= 0.6 is 0 Å². The van der Waals surface area contributed by atoms with Gasteiger partial charge in [-0.15, -0.1) is 0 Å². The third-order valence-electron chi connectivity index (χ3n) is 4.34. The average molecular weight is 301 g/mol. The van der Waals surface area contributed by atoms with Crippen LogP contribution in [0.1, 0.15) is 41.6 Å². The molecule has 0 radical (unpaired) electrons. The second-order valence-corrected chi connectivity index (χ2v) is 6.31. The Balaban J connectivity index is 1.68. The van der Waals surface area contributed by atoms with Crippen LogP contribution < -0.4 is 16.0 Å². The highest BCUT2D eigenvalue weighted by Gasteiger charge is 2.24. The third-order valence-corrected chi connectivity index (χ3v) is 4.34. The number of benzene rings is 1. The van der Waals surface area contributed by atoms with Crippen molar-refractivity contribution in [1.82, 2.24) is 10.6 Å². The van der Waals surface area contributed by atoms with E-state index in [1.807, 2.05) is 19.1 Å². The molecule has 0 aromatic heterocycles. The molecule has 1 saturated carbocycles. The van der Waals surface area contributed by atoms with Gasteiger partial charge in [0.2, 0.25) is 5.91 Å². The van der Waals surface area contributed by atoms with Crippen molar-refractivity contribution in [1.29, 1.82) is 0 Å². The highest BCUT2D eigenvalue weighted by Crippen LogP contribution is 2.22. The maximum atomic E-state index is 12.3. The summed E-state index contributed by atoms with van der Waals surface area (Å²) in [5, 5.41) is 9.21. The number of aryl methyl sites for hydroxylation is 1. The van der Waals surface area contributed by atoms with Gasteiger partial charge in [0.25, 0.3) is 5.91 Å². The van der Waals surface area contributed by atoms with Crippen molar-refractivity contribution >= 4 is 17.5 Å². The van der Waals surface area contributed by atoms with Gasteiger partial charge in [0.15, 0.2) is 0 Å². The average Bonchev–Trinajstić information content (AvgIpc) is 3.34. The second kappa shape index (κ2) is 6.48. The van der Waals surface area contributed by atoms with E-state index in [2.05, 4.69) is 16.0 Å². The molecule has 22 heavy (non-hydrogen) atoms. The molecule has 1 aliphatic carbocycles. The molecule has 1 aromatic rings. The lowest BCUT2D eigenvalue weighted by Gasteiger charge is -2.22. The van der Waals surface area contributed by atoms with E-state index in [-0.39, 0.29) is 17.7 Å². The first-order valence-electron chi connectivity index (χ1n) is 8.06. The number of rotatable bonds is 4. The van der Waals surface area contributed by atoms with Crippen LogP contribution in [0.5, 0.6) is 0 Å². The van der Waals surface area contributed by atoms with Crippen molar-refractivity contribution in [3.63, 3.8) is 0 Å². The van der Waals surface area contributed by atoms with E-state index in [1.165, 1.54) is 0 Å². The molecule has 1 atom stereocenters. The quantitative estimate of drug-likeness (QED) is 0.794. The van der Waals surface area contributed by atoms with Crippen LogP contribution in [0.4, 0.5) is 5.69 Å². The lowest BCUT2D eigenvalue weighted by atomic mass is 9.98. The van der Waals surface area contributed by atoms with E-state index in [1.54, 1.807) is 6.07 Å². The first kappa shape index (κ1) is 15.0. The largest absolute Gasteiger partial charge is 0.349 e. The molecule has 5 heteroatoms. The Kier molecular flexibility index (Phi) is 4.43. The second-order valence-electron chi connectivity index (χ2n) is 6.31. The molecule has 0 bridgehead atoms. The van der Waals surface area contributed by atoms with Gasteiger partial charge in [-0.2, -0.15) is 0 Å². The van der Waals surface area contributed by atoms with Crippen LogP contribution in [0.3, 0.4) is 0 Å². The fraction of sp³-hybridized carbons (Fsp3) is 0.529. The Bertz CT molecular complexity index is 575. The number of piperidine rings is 1. The minimum atomic E-state index is -0.0580. The molecule has 5 nitrogen and oxygen atoms in total. The Morgan fingerprint density at radius 3 is 2.73 bits per heavy atom. The molecule has 0 spiro atoms. The zero-order valence-corrected chi connectivity index (χ0v) is 12.9. The van der Waals surface area contributed by atoms with E-state index < -0.39 is 0 Å². The van der Waals surface area contributed by atoms with E-state index >= 15 is 0 Å². The van der Waals surface area contributed by atoms with E-state index in [4.69, 9.17) is 0 Å². The molecule has 118 valence electrons. The first-order chi connectivity index (χ1) is 10.6. The molecular weight excluding hydrogens is 278 g/mol. The summed E-state index contributed by atoms with van der Waals surface area (Å²) >= 11 is 0. The standard InChI is InChI=1S/C17H23N3O2/c1-11-4-5-12(16(21)19-14-6-7-14)9-15(11)20-17(22)13-3-2-8-18-10-13/h4-5,9,13-14,18H,2-3,6-8,10H2,1H3,(H,19,21)(H,20,22). The number of amides is 2. The molecule has 2 fully saturated rings. The van der Waals surface area contributed by atoms with Crippen molar-refractivity contribution in [2.75, 3.05) is 18.4 Å². The summed E-state index contributed by atoms with van der Waals surface area (Å²) in [6, 6.07) is 5.81. The molecule has 1 heterocycles. The minimum absolute atomic E-state index is 0.0112. The third kappa shape index (κ3) is 3.65. The Morgan fingerprint density at radius 1 is 1.23 bits per heavy atom. The first-order valence-corrected chi connectivity index (χ1v) is 8.06. The fourth-order valence-electron chi connectivity index (χ4n) is 2.70. The summed E-state index contributed by atoms with van der Waals surface area (Å²) in [5.74, 6) is -0.00974. The summed E-state index contributed by atoms with van der Waals surface area (Å²) in [5.41, 5.74) is 2.31. The number of carbonyl (C=O) groups is 2. The van der Waals surface area contributed by atoms with Crippen LogP contribution in [0.15, 0.2) is 18.2 Å². The SMILES string of the molecule is Cc1ccc(C(=O)NC2CC2)cc1NC(=O)C1CCCNC1. The van der Waals surface area contributed by atoms with Crippen molar-refractivity contribution in [3.8, 4) is 0 Å². The molecule has 1 aliphatic heterocycles. The highest BCUT2D eigenvalue weighted by molar-refractivity contribution is 5.98. The highest BCUT2D eigenvalue weighted by atomic mass is 16.2. The summed E-state index contributed by atoms with van der Waals surface area (Å²) in [6.07, 6.45) is 4.08. The van der Waals surface area contributed by atoms with E-state index in [0.717, 1.165) is 50.0 Å². The van der Waals surface area contributed by atoms with Gasteiger partial charge >= 0.3 is 0 Å². The molecule has 1 aromatic carbocycles. The predicted molar refractivity (Wildman–Crippen MR) is 85.9 cm³/mol. The lowest BCUT2D eigenvalue weighted by molar-refractivity contribution is -0.120. The van der Waals surface area contributed by atoms with E-state index in [9.17, 15) is 9.59 Å². The van der Waals surface area contributed by atoms with E-state index in [0.29, 0.717) is 11.6 Å². The number of hydrogen-bond acceptors (Lipinski definition) is 3. The maximum absolute atomic E-state index is 12.3. The fourth-order valence-corrected chi connectivity index (χ4v) is 2.70. The monoisotopic (exact) mass is 301 g/mol. The zero-order valence-electron chi connectivity index (χ0n) is 12.9. The Hall–Kier alpha value is -1.88. The van der Waals surface area contributed by atoms with Crippen molar-refractivity contribution < 1.29 is 9.59 Å². The molecule has 3 N–H and O–H groups in total. The van der Waals surface area contributed by atoms with Gasteiger partial charge in [-0.05, 0) is 56.8 Å². The van der Waals surface area contributed by atoms with Crippen molar-refractivity contribution in [3.05, 3.63) is 29.3 Å². The van der Waals surface area contributed by atoms with Gasteiger partial charge in [-0.3, -0.25) is 9.59 Å². The number of hydrogen-bond donors (Lipinski definition) is 3. The lowest BCUT2D eigenvalue weighted by Crippen LogP contribution is -2.37. The van der Waals surface area contributed by atoms with Crippen LogP contribution in [-0.2, 0) is 4.79 Å².